The highest BCUT2D eigenvalue weighted by Crippen LogP contribution is 2.21. The molecule has 41 heavy (non-hydrogen) atoms. The summed E-state index contributed by atoms with van der Waals surface area (Å²) in [4.78, 5) is 36.0. The van der Waals surface area contributed by atoms with Crippen LogP contribution in [0.3, 0.4) is 0 Å². The van der Waals surface area contributed by atoms with Gasteiger partial charge in [0.1, 0.15) is 11.6 Å². The van der Waals surface area contributed by atoms with E-state index < -0.39 is 17.3 Å². The molecule has 0 unspecified atom stereocenters. The summed E-state index contributed by atoms with van der Waals surface area (Å²) in [5.74, 6) is -1.45. The molecular formula is C31H32ClF2N5O2. The first-order valence-electron chi connectivity index (χ1n) is 13.6. The standard InChI is InChI=1S/C31H32ClF2N5O2/c1-36(14-11-24-8-2-3-13-35-24)16-17-38-30(40)26-20-37(19-22-6-4-7-23(32)18-22)15-12-29(26)39(31(38)41)21-25-27(33)9-5-10-28(25)34/h2-10,13,18H,11-12,14-17,19-21H2,1H3. The first-order chi connectivity index (χ1) is 19.8. The Morgan fingerprint density at radius 3 is 2.46 bits per heavy atom. The zero-order valence-corrected chi connectivity index (χ0v) is 23.7. The van der Waals surface area contributed by atoms with Crippen molar-refractivity contribution in [2.24, 2.45) is 0 Å². The molecule has 2 aromatic carbocycles. The van der Waals surface area contributed by atoms with E-state index in [0.717, 1.165) is 17.7 Å². The molecule has 0 N–H and O–H groups in total. The largest absolute Gasteiger partial charge is 0.331 e. The van der Waals surface area contributed by atoms with Crippen LogP contribution in [0.5, 0.6) is 0 Å². The molecule has 0 radical (unpaired) electrons. The molecule has 0 saturated heterocycles. The van der Waals surface area contributed by atoms with Crippen LogP contribution < -0.4 is 11.2 Å². The third-order valence-electron chi connectivity index (χ3n) is 7.54. The van der Waals surface area contributed by atoms with Gasteiger partial charge in [-0.1, -0.05) is 35.9 Å². The van der Waals surface area contributed by atoms with E-state index in [1.165, 1.54) is 27.3 Å². The number of hydrogen-bond acceptors (Lipinski definition) is 5. The Morgan fingerprint density at radius 1 is 0.951 bits per heavy atom. The van der Waals surface area contributed by atoms with Crippen LogP contribution in [0.25, 0.3) is 0 Å². The second kappa shape index (κ2) is 12.9. The predicted octanol–water partition coefficient (Wildman–Crippen LogP) is 4.12. The number of pyridine rings is 1. The van der Waals surface area contributed by atoms with Crippen molar-refractivity contribution in [2.75, 3.05) is 26.7 Å². The van der Waals surface area contributed by atoms with Crippen LogP contribution in [0.2, 0.25) is 5.02 Å². The second-order valence-electron chi connectivity index (χ2n) is 10.4. The summed E-state index contributed by atoms with van der Waals surface area (Å²) in [7, 11) is 1.92. The molecule has 214 valence electrons. The summed E-state index contributed by atoms with van der Waals surface area (Å²) in [6.45, 7) is 2.48. The normalized spacial score (nSPS) is 13.5. The molecule has 1 aliphatic heterocycles. The molecule has 2 aromatic heterocycles. The number of benzene rings is 2. The molecule has 5 rings (SSSR count). The molecular weight excluding hydrogens is 548 g/mol. The fourth-order valence-corrected chi connectivity index (χ4v) is 5.49. The van der Waals surface area contributed by atoms with E-state index in [9.17, 15) is 18.4 Å². The van der Waals surface area contributed by atoms with Crippen molar-refractivity contribution < 1.29 is 8.78 Å². The van der Waals surface area contributed by atoms with Crippen molar-refractivity contribution >= 4 is 11.6 Å². The molecule has 7 nitrogen and oxygen atoms in total. The van der Waals surface area contributed by atoms with Crippen molar-refractivity contribution in [3.63, 3.8) is 0 Å². The summed E-state index contributed by atoms with van der Waals surface area (Å²) in [6.07, 6.45) is 2.88. The van der Waals surface area contributed by atoms with E-state index in [1.807, 2.05) is 54.4 Å². The molecule has 0 bridgehead atoms. The minimum Gasteiger partial charge on any atom is -0.304 e. The average Bonchev–Trinajstić information content (AvgIpc) is 2.96. The van der Waals surface area contributed by atoms with Gasteiger partial charge in [0, 0.05) is 80.3 Å². The van der Waals surface area contributed by atoms with Crippen LogP contribution >= 0.6 is 11.6 Å². The molecule has 3 heterocycles. The topological polar surface area (TPSA) is 63.4 Å². The van der Waals surface area contributed by atoms with Gasteiger partial charge in [-0.05, 0) is 49.0 Å². The van der Waals surface area contributed by atoms with E-state index in [1.54, 1.807) is 6.20 Å². The molecule has 0 atom stereocenters. The molecule has 0 spiro atoms. The zero-order chi connectivity index (χ0) is 28.9. The lowest BCUT2D eigenvalue weighted by Crippen LogP contribution is -2.49. The van der Waals surface area contributed by atoms with Gasteiger partial charge in [-0.2, -0.15) is 0 Å². The van der Waals surface area contributed by atoms with Crippen molar-refractivity contribution in [1.82, 2.24) is 23.9 Å². The Kier molecular flexibility index (Phi) is 9.07. The zero-order valence-electron chi connectivity index (χ0n) is 22.9. The third kappa shape index (κ3) is 6.81. The third-order valence-corrected chi connectivity index (χ3v) is 7.78. The Bertz CT molecular complexity index is 1620. The Labute approximate surface area is 242 Å². The predicted molar refractivity (Wildman–Crippen MR) is 155 cm³/mol. The van der Waals surface area contributed by atoms with Gasteiger partial charge in [-0.25, -0.2) is 13.6 Å². The summed E-state index contributed by atoms with van der Waals surface area (Å²) in [5.41, 5.74) is 1.87. The fraction of sp³-hybridized carbons (Fsp3) is 0.323. The van der Waals surface area contributed by atoms with Gasteiger partial charge in [0.05, 0.1) is 12.1 Å². The summed E-state index contributed by atoms with van der Waals surface area (Å²) in [5, 5.41) is 0.634. The van der Waals surface area contributed by atoms with Gasteiger partial charge in [0.25, 0.3) is 5.56 Å². The number of halogens is 3. The van der Waals surface area contributed by atoms with Gasteiger partial charge in [0.15, 0.2) is 0 Å². The molecule has 10 heteroatoms. The number of nitrogens with zero attached hydrogens (tertiary/aromatic N) is 5. The average molecular weight is 580 g/mol. The minimum atomic E-state index is -0.726. The number of fused-ring (bicyclic) bond motifs is 1. The second-order valence-corrected chi connectivity index (χ2v) is 10.9. The monoisotopic (exact) mass is 579 g/mol. The maximum atomic E-state index is 14.6. The quantitative estimate of drug-likeness (QED) is 0.283. The lowest BCUT2D eigenvalue weighted by atomic mass is 10.0. The number of aromatic nitrogens is 3. The van der Waals surface area contributed by atoms with Gasteiger partial charge in [-0.15, -0.1) is 0 Å². The van der Waals surface area contributed by atoms with Crippen LogP contribution in [0.1, 0.15) is 28.1 Å². The van der Waals surface area contributed by atoms with E-state index >= 15 is 0 Å². The van der Waals surface area contributed by atoms with Gasteiger partial charge >= 0.3 is 5.69 Å². The van der Waals surface area contributed by atoms with E-state index in [2.05, 4.69) is 9.88 Å². The molecule has 0 amide bonds. The maximum Gasteiger partial charge on any atom is 0.331 e. The Morgan fingerprint density at radius 2 is 1.73 bits per heavy atom. The van der Waals surface area contributed by atoms with E-state index in [-0.39, 0.29) is 24.2 Å². The molecule has 0 aliphatic carbocycles. The lowest BCUT2D eigenvalue weighted by molar-refractivity contribution is 0.235. The molecule has 0 saturated carbocycles. The molecule has 4 aromatic rings. The summed E-state index contributed by atoms with van der Waals surface area (Å²) in [6, 6.07) is 17.0. The highest BCUT2D eigenvalue weighted by molar-refractivity contribution is 6.30. The highest BCUT2D eigenvalue weighted by Gasteiger charge is 2.26. The molecule has 1 aliphatic rings. The highest BCUT2D eigenvalue weighted by atomic mass is 35.5. The van der Waals surface area contributed by atoms with Crippen molar-refractivity contribution in [1.29, 1.82) is 0 Å². The lowest BCUT2D eigenvalue weighted by Gasteiger charge is -2.31. The van der Waals surface area contributed by atoms with Crippen LogP contribution in [0.15, 0.2) is 76.4 Å². The minimum absolute atomic E-state index is 0.151. The van der Waals surface area contributed by atoms with Crippen LogP contribution in [-0.4, -0.2) is 50.6 Å². The maximum absolute atomic E-state index is 14.6. The van der Waals surface area contributed by atoms with Crippen LogP contribution in [-0.2, 0) is 39.0 Å². The Balaban J connectivity index is 1.44. The molecule has 0 fully saturated rings. The fourth-order valence-electron chi connectivity index (χ4n) is 5.27. The SMILES string of the molecule is CN(CCc1ccccn1)CCn1c(=O)c2c(n(Cc3c(F)cccc3F)c1=O)CCN(Cc1cccc(Cl)c1)C2. The summed E-state index contributed by atoms with van der Waals surface area (Å²) < 4.78 is 31.9. The Hall–Kier alpha value is -3.66. The van der Waals surface area contributed by atoms with Crippen molar-refractivity contribution in [3.8, 4) is 0 Å². The smallest absolute Gasteiger partial charge is 0.304 e. The van der Waals surface area contributed by atoms with Gasteiger partial charge in [-0.3, -0.25) is 23.8 Å². The van der Waals surface area contributed by atoms with E-state index in [4.69, 9.17) is 11.6 Å². The first kappa shape index (κ1) is 28.9. The summed E-state index contributed by atoms with van der Waals surface area (Å²) >= 11 is 6.17. The van der Waals surface area contributed by atoms with Gasteiger partial charge in [0.2, 0.25) is 0 Å². The number of rotatable bonds is 10. The van der Waals surface area contributed by atoms with Crippen molar-refractivity contribution in [2.45, 2.75) is 39.0 Å². The van der Waals surface area contributed by atoms with Gasteiger partial charge < -0.3 is 4.90 Å². The van der Waals surface area contributed by atoms with E-state index in [0.29, 0.717) is 55.4 Å². The van der Waals surface area contributed by atoms with Crippen molar-refractivity contribution in [3.05, 3.63) is 132 Å². The number of likely N-dealkylation sites (N-methyl/N-ethyl adjacent to an activating group) is 1. The first-order valence-corrected chi connectivity index (χ1v) is 14.0. The van der Waals surface area contributed by atoms with Crippen LogP contribution in [0, 0.1) is 11.6 Å². The number of hydrogen-bond donors (Lipinski definition) is 0. The van der Waals surface area contributed by atoms with Crippen LogP contribution in [0.4, 0.5) is 8.78 Å².